The number of benzene rings is 2. The summed E-state index contributed by atoms with van der Waals surface area (Å²) < 4.78 is 15.4. The Morgan fingerprint density at radius 1 is 1.13 bits per heavy atom. The first-order chi connectivity index (χ1) is 11.1. The maximum absolute atomic E-state index is 13.3. The Labute approximate surface area is 131 Å². The number of para-hydroxylation sites is 1. The van der Waals surface area contributed by atoms with Crippen LogP contribution in [0.15, 0.2) is 47.3 Å². The summed E-state index contributed by atoms with van der Waals surface area (Å²) in [5.74, 6) is 0.0577. The third kappa shape index (κ3) is 1.97. The van der Waals surface area contributed by atoms with E-state index >= 15 is 0 Å². The van der Waals surface area contributed by atoms with E-state index in [-0.39, 0.29) is 10.9 Å². The number of aromatic nitrogens is 3. The van der Waals surface area contributed by atoms with Gasteiger partial charge in [-0.1, -0.05) is 18.2 Å². The molecule has 5 heteroatoms. The van der Waals surface area contributed by atoms with Crippen molar-refractivity contribution in [2.75, 3.05) is 0 Å². The van der Waals surface area contributed by atoms with Gasteiger partial charge in [-0.2, -0.15) is 0 Å². The van der Waals surface area contributed by atoms with Crippen LogP contribution in [0.4, 0.5) is 4.39 Å². The maximum Gasteiger partial charge on any atom is 0.259 e. The zero-order valence-corrected chi connectivity index (χ0v) is 12.7. The number of hydrogen-bond acceptors (Lipinski definition) is 2. The number of nitrogens with zero attached hydrogens (tertiary/aromatic N) is 2. The van der Waals surface area contributed by atoms with E-state index in [1.165, 1.54) is 18.2 Å². The highest BCUT2D eigenvalue weighted by molar-refractivity contribution is 5.97. The predicted molar refractivity (Wildman–Crippen MR) is 89.0 cm³/mol. The Balaban J connectivity index is 2.09. The molecule has 114 valence electrons. The quantitative estimate of drug-likeness (QED) is 0.585. The summed E-state index contributed by atoms with van der Waals surface area (Å²) in [6.07, 6.45) is 0. The van der Waals surface area contributed by atoms with Gasteiger partial charge in [0.25, 0.3) is 5.56 Å². The molecule has 0 aliphatic heterocycles. The van der Waals surface area contributed by atoms with Crippen LogP contribution in [0, 0.1) is 12.7 Å². The Kier molecular flexibility index (Phi) is 2.84. The number of nitrogens with one attached hydrogen (secondary N) is 1. The summed E-state index contributed by atoms with van der Waals surface area (Å²) in [5, 5.41) is 1.28. The number of aryl methyl sites for hydroxylation is 1. The largest absolute Gasteiger partial charge is 0.347 e. The van der Waals surface area contributed by atoms with Gasteiger partial charge >= 0.3 is 0 Å². The second-order valence-electron chi connectivity index (χ2n) is 5.61. The average molecular weight is 307 g/mol. The third-order valence-corrected chi connectivity index (χ3v) is 4.30. The molecule has 0 saturated carbocycles. The van der Waals surface area contributed by atoms with E-state index in [0.29, 0.717) is 11.3 Å². The van der Waals surface area contributed by atoms with Gasteiger partial charge in [-0.05, 0) is 31.2 Å². The van der Waals surface area contributed by atoms with Crippen molar-refractivity contribution in [3.05, 3.63) is 64.3 Å². The first-order valence-electron chi connectivity index (χ1n) is 7.30. The fourth-order valence-electron chi connectivity index (χ4n) is 3.05. The van der Waals surface area contributed by atoms with E-state index in [0.717, 1.165) is 22.2 Å². The molecule has 1 N–H and O–H groups in total. The summed E-state index contributed by atoms with van der Waals surface area (Å²) in [7, 11) is 1.98. The second-order valence-corrected chi connectivity index (χ2v) is 5.61. The number of rotatable bonds is 1. The Morgan fingerprint density at radius 2 is 1.91 bits per heavy atom. The van der Waals surface area contributed by atoms with E-state index < -0.39 is 5.82 Å². The van der Waals surface area contributed by atoms with Crippen molar-refractivity contribution in [3.8, 4) is 11.4 Å². The standard InChI is InChI=1S/C18H14FN3O/c1-10-16(12-5-3-4-6-15(12)22(10)2)17-20-14-8-7-11(19)9-13(14)18(23)21-17/h3-9H,1-2H3,(H,20,21,23). The van der Waals surface area contributed by atoms with Crippen LogP contribution in [0.3, 0.4) is 0 Å². The highest BCUT2D eigenvalue weighted by atomic mass is 19.1. The van der Waals surface area contributed by atoms with Crippen molar-refractivity contribution in [2.24, 2.45) is 7.05 Å². The SMILES string of the molecule is Cc1c(-c2nc3ccc(F)cc3c(=O)[nH]2)c2ccccc2n1C. The molecular formula is C18H14FN3O. The van der Waals surface area contributed by atoms with E-state index in [2.05, 4.69) is 14.5 Å². The molecule has 0 amide bonds. The van der Waals surface area contributed by atoms with E-state index in [1.807, 2.05) is 38.2 Å². The summed E-state index contributed by atoms with van der Waals surface area (Å²) in [4.78, 5) is 19.6. The highest BCUT2D eigenvalue weighted by Gasteiger charge is 2.16. The van der Waals surface area contributed by atoms with Gasteiger partial charge < -0.3 is 9.55 Å². The summed E-state index contributed by atoms with van der Waals surface area (Å²) in [6, 6.07) is 12.0. The molecule has 0 fully saturated rings. The third-order valence-electron chi connectivity index (χ3n) is 4.30. The predicted octanol–water partition coefficient (Wildman–Crippen LogP) is 3.53. The molecule has 0 saturated heterocycles. The van der Waals surface area contributed by atoms with E-state index in [9.17, 15) is 9.18 Å². The molecule has 0 atom stereocenters. The van der Waals surface area contributed by atoms with Gasteiger partial charge in [-0.25, -0.2) is 9.37 Å². The molecule has 2 aromatic heterocycles. The minimum atomic E-state index is -0.445. The van der Waals surface area contributed by atoms with Gasteiger partial charge in [0.2, 0.25) is 0 Å². The van der Waals surface area contributed by atoms with Crippen LogP contribution in [0.1, 0.15) is 5.69 Å². The van der Waals surface area contributed by atoms with Crippen molar-refractivity contribution in [2.45, 2.75) is 6.92 Å². The zero-order valence-electron chi connectivity index (χ0n) is 12.7. The van der Waals surface area contributed by atoms with Gasteiger partial charge in [-0.15, -0.1) is 0 Å². The molecule has 4 nitrogen and oxygen atoms in total. The smallest absolute Gasteiger partial charge is 0.259 e. The van der Waals surface area contributed by atoms with Gasteiger partial charge in [0, 0.05) is 29.2 Å². The second kappa shape index (κ2) is 4.78. The number of fused-ring (bicyclic) bond motifs is 2. The lowest BCUT2D eigenvalue weighted by molar-refractivity contribution is 0.629. The molecule has 0 bridgehead atoms. The van der Waals surface area contributed by atoms with Gasteiger partial charge in [-0.3, -0.25) is 4.79 Å². The molecule has 0 radical (unpaired) electrons. The van der Waals surface area contributed by atoms with Crippen LogP contribution in [-0.4, -0.2) is 14.5 Å². The van der Waals surface area contributed by atoms with Crippen LogP contribution in [-0.2, 0) is 7.05 Å². The lowest BCUT2D eigenvalue weighted by Crippen LogP contribution is -2.10. The monoisotopic (exact) mass is 307 g/mol. The molecule has 0 spiro atoms. The van der Waals surface area contributed by atoms with Gasteiger partial charge in [0.1, 0.15) is 11.6 Å². The topological polar surface area (TPSA) is 50.7 Å². The lowest BCUT2D eigenvalue weighted by atomic mass is 10.1. The molecule has 0 unspecified atom stereocenters. The molecular weight excluding hydrogens is 293 g/mol. The molecule has 23 heavy (non-hydrogen) atoms. The first-order valence-corrected chi connectivity index (χ1v) is 7.30. The van der Waals surface area contributed by atoms with Crippen molar-refractivity contribution in [1.29, 1.82) is 0 Å². The molecule has 4 rings (SSSR count). The maximum atomic E-state index is 13.3. The van der Waals surface area contributed by atoms with Gasteiger partial charge in [0.15, 0.2) is 0 Å². The fraction of sp³-hybridized carbons (Fsp3) is 0.111. The highest BCUT2D eigenvalue weighted by Crippen LogP contribution is 2.31. The summed E-state index contributed by atoms with van der Waals surface area (Å²) in [6.45, 7) is 1.99. The van der Waals surface area contributed by atoms with Crippen LogP contribution < -0.4 is 5.56 Å². The van der Waals surface area contributed by atoms with Crippen molar-refractivity contribution in [3.63, 3.8) is 0 Å². The van der Waals surface area contributed by atoms with Crippen LogP contribution in [0.2, 0.25) is 0 Å². The summed E-state index contributed by atoms with van der Waals surface area (Å²) in [5.41, 5.74) is 3.12. The van der Waals surface area contributed by atoms with Crippen LogP contribution in [0.5, 0.6) is 0 Å². The van der Waals surface area contributed by atoms with Crippen LogP contribution >= 0.6 is 0 Å². The van der Waals surface area contributed by atoms with Gasteiger partial charge in [0.05, 0.1) is 10.9 Å². The van der Waals surface area contributed by atoms with Crippen molar-refractivity contribution >= 4 is 21.8 Å². The molecule has 2 aromatic carbocycles. The number of H-pyrrole nitrogens is 1. The first kappa shape index (κ1) is 13.7. The molecule has 4 aromatic rings. The lowest BCUT2D eigenvalue weighted by Gasteiger charge is -2.04. The van der Waals surface area contributed by atoms with E-state index in [1.54, 1.807) is 0 Å². The van der Waals surface area contributed by atoms with E-state index in [4.69, 9.17) is 0 Å². The minimum absolute atomic E-state index is 0.256. The Morgan fingerprint density at radius 3 is 2.74 bits per heavy atom. The fourth-order valence-corrected chi connectivity index (χ4v) is 3.05. The average Bonchev–Trinajstić information content (AvgIpc) is 2.80. The summed E-state index contributed by atoms with van der Waals surface area (Å²) >= 11 is 0. The molecule has 2 heterocycles. The Hall–Kier alpha value is -2.95. The number of aromatic amines is 1. The molecule has 0 aliphatic carbocycles. The zero-order chi connectivity index (χ0) is 16.1. The Bertz CT molecular complexity index is 1120. The normalized spacial score (nSPS) is 11.4. The number of halogens is 1. The molecule has 0 aliphatic rings. The van der Waals surface area contributed by atoms with Crippen molar-refractivity contribution in [1.82, 2.24) is 14.5 Å². The minimum Gasteiger partial charge on any atom is -0.347 e. The number of hydrogen-bond donors (Lipinski definition) is 1. The van der Waals surface area contributed by atoms with Crippen molar-refractivity contribution < 1.29 is 4.39 Å². The van der Waals surface area contributed by atoms with Crippen LogP contribution in [0.25, 0.3) is 33.2 Å².